The maximum Gasteiger partial charge on any atom is 0.270 e. The molecule has 8 heteroatoms. The Morgan fingerprint density at radius 2 is 2.00 bits per heavy atom. The number of likely N-dealkylation sites (tertiary alicyclic amines) is 1. The molecule has 21 heavy (non-hydrogen) atoms. The molecule has 1 amide bonds. The summed E-state index contributed by atoms with van der Waals surface area (Å²) < 4.78 is 26.2. The van der Waals surface area contributed by atoms with Crippen molar-refractivity contribution >= 4 is 15.9 Å². The monoisotopic (exact) mass is 313 g/mol. The molecule has 0 unspecified atom stereocenters. The van der Waals surface area contributed by atoms with E-state index in [2.05, 4.69) is 4.98 Å². The molecule has 0 aromatic carbocycles. The van der Waals surface area contributed by atoms with Crippen LogP contribution in [0, 0.1) is 0 Å². The van der Waals surface area contributed by atoms with Gasteiger partial charge in [-0.3, -0.25) is 4.79 Å². The maximum atomic E-state index is 12.4. The topological polar surface area (TPSA) is 93.7 Å². The number of aromatic nitrogens is 1. The maximum absolute atomic E-state index is 12.4. The van der Waals surface area contributed by atoms with E-state index in [4.69, 9.17) is 0 Å². The first-order chi connectivity index (χ1) is 9.98. The van der Waals surface area contributed by atoms with E-state index >= 15 is 0 Å². The molecule has 0 spiro atoms. The van der Waals surface area contributed by atoms with Crippen molar-refractivity contribution in [2.45, 2.75) is 30.3 Å². The molecule has 1 aromatic heterocycles. The Morgan fingerprint density at radius 3 is 2.62 bits per heavy atom. The van der Waals surface area contributed by atoms with E-state index in [0.717, 1.165) is 12.8 Å². The van der Waals surface area contributed by atoms with Crippen molar-refractivity contribution in [3.8, 4) is 0 Å². The highest BCUT2D eigenvalue weighted by molar-refractivity contribution is 7.89. The van der Waals surface area contributed by atoms with Crippen molar-refractivity contribution in [2.24, 2.45) is 0 Å². The molecular formula is C13H19N3O4S. The van der Waals surface area contributed by atoms with Crippen LogP contribution in [0.3, 0.4) is 0 Å². The second-order valence-electron chi connectivity index (χ2n) is 5.55. The Bertz CT molecular complexity index is 634. The number of aliphatic hydroxyl groups is 1. The van der Waals surface area contributed by atoms with Gasteiger partial charge in [0.2, 0.25) is 10.0 Å². The number of rotatable bonds is 3. The van der Waals surface area contributed by atoms with Gasteiger partial charge in [0.15, 0.2) is 0 Å². The number of aromatic amines is 1. The first-order valence-corrected chi connectivity index (χ1v) is 8.58. The number of hydrogen-bond acceptors (Lipinski definition) is 4. The summed E-state index contributed by atoms with van der Waals surface area (Å²) in [6.45, 7) is 1.86. The van der Waals surface area contributed by atoms with Gasteiger partial charge in [-0.25, -0.2) is 8.42 Å². The smallest absolute Gasteiger partial charge is 0.270 e. The predicted molar refractivity (Wildman–Crippen MR) is 75.3 cm³/mol. The summed E-state index contributed by atoms with van der Waals surface area (Å²) in [5.74, 6) is -0.269. The zero-order valence-electron chi connectivity index (χ0n) is 11.7. The fraction of sp³-hybridized carbons (Fsp3) is 0.615. The number of carbonyl (C=O) groups is 1. The number of nitrogens with one attached hydrogen (secondary N) is 1. The standard InChI is InChI=1S/C13H19N3O4S/c17-10-3-6-15(9-10)13(18)12-7-11(8-14-12)21(19,20)16-4-1-2-5-16/h7-8,10,14,17H,1-6,9H2/t10-/m1/s1. The average Bonchev–Trinajstić information content (AvgIpc) is 3.19. The van der Waals surface area contributed by atoms with Gasteiger partial charge in [0.05, 0.1) is 6.10 Å². The van der Waals surface area contributed by atoms with Crippen molar-refractivity contribution < 1.29 is 18.3 Å². The number of carbonyl (C=O) groups excluding carboxylic acids is 1. The van der Waals surface area contributed by atoms with Crippen molar-refractivity contribution in [1.29, 1.82) is 0 Å². The third-order valence-electron chi connectivity index (χ3n) is 4.04. The summed E-state index contributed by atoms with van der Waals surface area (Å²) in [5.41, 5.74) is 0.252. The molecule has 2 fully saturated rings. The number of nitrogens with zero attached hydrogens (tertiary/aromatic N) is 2. The third-order valence-corrected chi connectivity index (χ3v) is 5.92. The highest BCUT2D eigenvalue weighted by atomic mass is 32.2. The molecule has 1 aromatic rings. The quantitative estimate of drug-likeness (QED) is 0.822. The number of β-amino-alcohol motifs (C(OH)–C–C–N with tert-alkyl or cyclic N) is 1. The molecule has 116 valence electrons. The summed E-state index contributed by atoms with van der Waals surface area (Å²) in [6, 6.07) is 1.39. The molecule has 2 saturated heterocycles. The van der Waals surface area contributed by atoms with Gasteiger partial charge in [0.1, 0.15) is 10.6 Å². The largest absolute Gasteiger partial charge is 0.391 e. The fourth-order valence-electron chi connectivity index (χ4n) is 2.82. The lowest BCUT2D eigenvalue weighted by atomic mass is 10.3. The molecule has 0 aliphatic carbocycles. The molecule has 2 aliphatic rings. The Hall–Kier alpha value is -1.38. The van der Waals surface area contributed by atoms with Crippen LogP contribution in [-0.4, -0.2) is 65.9 Å². The van der Waals surface area contributed by atoms with Gasteiger partial charge in [-0.05, 0) is 25.3 Å². The Morgan fingerprint density at radius 1 is 1.29 bits per heavy atom. The second kappa shape index (κ2) is 5.43. The first kappa shape index (κ1) is 14.6. The lowest BCUT2D eigenvalue weighted by Crippen LogP contribution is -2.30. The van der Waals surface area contributed by atoms with Crippen molar-refractivity contribution in [3.05, 3.63) is 18.0 Å². The predicted octanol–water partition coefficient (Wildman–Crippen LogP) is 0.00600. The van der Waals surface area contributed by atoms with Crippen LogP contribution in [0.4, 0.5) is 0 Å². The average molecular weight is 313 g/mol. The van der Waals surface area contributed by atoms with E-state index in [9.17, 15) is 18.3 Å². The number of hydrogen-bond donors (Lipinski definition) is 2. The van der Waals surface area contributed by atoms with Gasteiger partial charge in [-0.1, -0.05) is 0 Å². The van der Waals surface area contributed by atoms with Crippen LogP contribution < -0.4 is 0 Å². The van der Waals surface area contributed by atoms with E-state index in [0.29, 0.717) is 32.6 Å². The molecular weight excluding hydrogens is 294 g/mol. The van der Waals surface area contributed by atoms with Gasteiger partial charge in [0, 0.05) is 32.4 Å². The van der Waals surface area contributed by atoms with Crippen LogP contribution in [0.2, 0.25) is 0 Å². The Balaban J connectivity index is 1.78. The molecule has 0 bridgehead atoms. The zero-order chi connectivity index (χ0) is 15.0. The van der Waals surface area contributed by atoms with Crippen LogP contribution >= 0.6 is 0 Å². The Kier molecular flexibility index (Phi) is 3.76. The van der Waals surface area contributed by atoms with Gasteiger partial charge in [-0.2, -0.15) is 4.31 Å². The Labute approximate surface area is 123 Å². The van der Waals surface area contributed by atoms with Crippen LogP contribution in [0.5, 0.6) is 0 Å². The second-order valence-corrected chi connectivity index (χ2v) is 7.49. The highest BCUT2D eigenvalue weighted by Crippen LogP contribution is 2.22. The van der Waals surface area contributed by atoms with Crippen LogP contribution in [-0.2, 0) is 10.0 Å². The highest BCUT2D eigenvalue weighted by Gasteiger charge is 2.30. The van der Waals surface area contributed by atoms with Gasteiger partial charge < -0.3 is 15.0 Å². The van der Waals surface area contributed by atoms with E-state index in [-0.39, 0.29) is 16.5 Å². The minimum atomic E-state index is -3.50. The molecule has 2 aliphatic heterocycles. The van der Waals surface area contributed by atoms with Crippen molar-refractivity contribution in [1.82, 2.24) is 14.2 Å². The SMILES string of the molecule is O=C(c1cc(S(=O)(=O)N2CCCC2)c[nH]1)N1CC[C@@H](O)C1. The number of sulfonamides is 1. The minimum absolute atomic E-state index is 0.132. The molecule has 2 N–H and O–H groups in total. The zero-order valence-corrected chi connectivity index (χ0v) is 12.5. The summed E-state index contributed by atoms with van der Waals surface area (Å²) in [6.07, 6.45) is 3.19. The summed E-state index contributed by atoms with van der Waals surface area (Å²) >= 11 is 0. The first-order valence-electron chi connectivity index (χ1n) is 7.14. The number of aliphatic hydroxyl groups excluding tert-OH is 1. The van der Waals surface area contributed by atoms with Crippen LogP contribution in [0.25, 0.3) is 0 Å². The summed E-state index contributed by atoms with van der Waals surface area (Å²) in [4.78, 5) is 16.6. The van der Waals surface area contributed by atoms with E-state index in [1.54, 1.807) is 0 Å². The minimum Gasteiger partial charge on any atom is -0.391 e. The van der Waals surface area contributed by atoms with E-state index < -0.39 is 16.1 Å². The van der Waals surface area contributed by atoms with Gasteiger partial charge >= 0.3 is 0 Å². The van der Waals surface area contributed by atoms with Crippen LogP contribution in [0.1, 0.15) is 29.8 Å². The molecule has 7 nitrogen and oxygen atoms in total. The number of H-pyrrole nitrogens is 1. The van der Waals surface area contributed by atoms with Crippen LogP contribution in [0.15, 0.2) is 17.2 Å². The fourth-order valence-corrected chi connectivity index (χ4v) is 4.33. The summed E-state index contributed by atoms with van der Waals surface area (Å²) in [5, 5.41) is 9.47. The third kappa shape index (κ3) is 2.70. The van der Waals surface area contributed by atoms with Gasteiger partial charge in [-0.15, -0.1) is 0 Å². The summed E-state index contributed by atoms with van der Waals surface area (Å²) in [7, 11) is -3.50. The van der Waals surface area contributed by atoms with E-state index in [1.165, 1.54) is 21.5 Å². The normalized spacial score (nSPS) is 23.9. The molecule has 3 heterocycles. The van der Waals surface area contributed by atoms with Crippen molar-refractivity contribution in [3.63, 3.8) is 0 Å². The molecule has 0 saturated carbocycles. The molecule has 0 radical (unpaired) electrons. The van der Waals surface area contributed by atoms with Gasteiger partial charge in [0.25, 0.3) is 5.91 Å². The molecule has 1 atom stereocenters. The van der Waals surface area contributed by atoms with Crippen molar-refractivity contribution in [2.75, 3.05) is 26.2 Å². The lowest BCUT2D eigenvalue weighted by molar-refractivity contribution is 0.0760. The lowest BCUT2D eigenvalue weighted by Gasteiger charge is -2.14. The number of amides is 1. The van der Waals surface area contributed by atoms with E-state index in [1.807, 2.05) is 0 Å². The molecule has 3 rings (SSSR count).